The van der Waals surface area contributed by atoms with Crippen LogP contribution in [-0.4, -0.2) is 27.5 Å². The van der Waals surface area contributed by atoms with Gasteiger partial charge in [-0.3, -0.25) is 0 Å². The van der Waals surface area contributed by atoms with E-state index in [9.17, 15) is 17.2 Å². The second-order valence-electron chi connectivity index (χ2n) is 5.80. The number of alkyl halides is 2. The first kappa shape index (κ1) is 19.5. The van der Waals surface area contributed by atoms with Gasteiger partial charge in [0.05, 0.1) is 11.5 Å². The van der Waals surface area contributed by atoms with Gasteiger partial charge in [0, 0.05) is 13.0 Å². The topological polar surface area (TPSA) is 55.4 Å². The van der Waals surface area contributed by atoms with Crippen LogP contribution in [0.25, 0.3) is 0 Å². The summed E-state index contributed by atoms with van der Waals surface area (Å²) < 4.78 is 58.9. The van der Waals surface area contributed by atoms with E-state index in [-0.39, 0.29) is 18.0 Å². The maximum atomic E-state index is 13.8. The number of nitrogens with one attached hydrogen (secondary N) is 1. The minimum absolute atomic E-state index is 0.0572. The molecule has 25 heavy (non-hydrogen) atoms. The molecule has 0 fully saturated rings. The lowest BCUT2D eigenvalue weighted by Crippen LogP contribution is -2.32. The lowest BCUT2D eigenvalue weighted by molar-refractivity contribution is -0.0852. The molecule has 0 amide bonds. The van der Waals surface area contributed by atoms with Crippen LogP contribution in [-0.2, 0) is 21.4 Å². The normalized spacial score (nSPS) is 12.3. The zero-order chi connectivity index (χ0) is 18.3. The average Bonchev–Trinajstić information content (AvgIpc) is 2.55. The van der Waals surface area contributed by atoms with Gasteiger partial charge >= 0.3 is 0 Å². The van der Waals surface area contributed by atoms with Crippen molar-refractivity contribution in [1.29, 1.82) is 0 Å². The van der Waals surface area contributed by atoms with E-state index in [0.717, 1.165) is 11.1 Å². The fourth-order valence-electron chi connectivity index (χ4n) is 2.13. The number of hydrogen-bond acceptors (Lipinski definition) is 3. The van der Waals surface area contributed by atoms with Gasteiger partial charge in [0.1, 0.15) is 6.61 Å². The highest BCUT2D eigenvalue weighted by Gasteiger charge is 2.29. The van der Waals surface area contributed by atoms with Crippen molar-refractivity contribution in [2.75, 3.05) is 13.2 Å². The second-order valence-corrected chi connectivity index (χ2v) is 7.56. The van der Waals surface area contributed by atoms with E-state index in [4.69, 9.17) is 4.74 Å². The van der Waals surface area contributed by atoms with E-state index < -0.39 is 29.0 Å². The largest absolute Gasteiger partial charge is 0.371 e. The molecule has 1 N–H and O–H groups in total. The molecule has 0 saturated heterocycles. The number of rotatable bonds is 9. The highest BCUT2D eigenvalue weighted by atomic mass is 32.2. The molecule has 0 unspecified atom stereocenters. The Labute approximate surface area is 146 Å². The summed E-state index contributed by atoms with van der Waals surface area (Å²) in [6.07, 6.45) is -0.632. The molecule has 0 bridgehead atoms. The second kappa shape index (κ2) is 8.51. The number of hydrogen-bond donors (Lipinski definition) is 1. The molecule has 2 aromatic carbocycles. The Balaban J connectivity index is 1.78. The molecular formula is C18H21F2NO3S. The van der Waals surface area contributed by atoms with Gasteiger partial charge in [-0.2, -0.15) is 0 Å². The zero-order valence-electron chi connectivity index (χ0n) is 13.9. The van der Waals surface area contributed by atoms with Crippen LogP contribution >= 0.6 is 0 Å². The van der Waals surface area contributed by atoms with Crippen molar-refractivity contribution >= 4 is 10.0 Å². The SMILES string of the molecule is Cc1ccc(S(=O)(=O)NCCC(F)(F)COCc2ccccc2)cc1. The Morgan fingerprint density at radius 2 is 1.68 bits per heavy atom. The molecule has 0 spiro atoms. The van der Waals surface area contributed by atoms with E-state index >= 15 is 0 Å². The zero-order valence-corrected chi connectivity index (χ0v) is 14.7. The summed E-state index contributed by atoms with van der Waals surface area (Å²) in [6, 6.07) is 15.2. The first-order chi connectivity index (χ1) is 11.8. The highest BCUT2D eigenvalue weighted by Crippen LogP contribution is 2.19. The summed E-state index contributed by atoms with van der Waals surface area (Å²) in [5, 5.41) is 0. The molecule has 2 rings (SSSR count). The molecule has 2 aromatic rings. The van der Waals surface area contributed by atoms with E-state index in [1.807, 2.05) is 13.0 Å². The van der Waals surface area contributed by atoms with Crippen molar-refractivity contribution < 1.29 is 21.9 Å². The van der Waals surface area contributed by atoms with Crippen molar-refractivity contribution in [3.8, 4) is 0 Å². The summed E-state index contributed by atoms with van der Waals surface area (Å²) in [7, 11) is -3.79. The van der Waals surface area contributed by atoms with Crippen molar-refractivity contribution in [1.82, 2.24) is 4.72 Å². The third-order valence-corrected chi connectivity index (χ3v) is 5.02. The molecular weight excluding hydrogens is 348 g/mol. The molecule has 0 heterocycles. The van der Waals surface area contributed by atoms with Crippen LogP contribution in [0.2, 0.25) is 0 Å². The highest BCUT2D eigenvalue weighted by molar-refractivity contribution is 7.89. The van der Waals surface area contributed by atoms with Crippen molar-refractivity contribution in [2.24, 2.45) is 0 Å². The van der Waals surface area contributed by atoms with E-state index in [1.165, 1.54) is 12.1 Å². The first-order valence-corrected chi connectivity index (χ1v) is 9.33. The fraction of sp³-hybridized carbons (Fsp3) is 0.333. The van der Waals surface area contributed by atoms with E-state index in [1.54, 1.807) is 36.4 Å². The Bertz CT molecular complexity index is 763. The van der Waals surface area contributed by atoms with Crippen molar-refractivity contribution in [2.45, 2.75) is 30.8 Å². The van der Waals surface area contributed by atoms with Crippen LogP contribution in [0.5, 0.6) is 0 Å². The predicted molar refractivity (Wildman–Crippen MR) is 92.0 cm³/mol. The van der Waals surface area contributed by atoms with Crippen LogP contribution in [0.1, 0.15) is 17.5 Å². The average molecular weight is 369 g/mol. The quantitative estimate of drug-likeness (QED) is 0.736. The molecule has 0 radical (unpaired) electrons. The third-order valence-electron chi connectivity index (χ3n) is 3.54. The summed E-state index contributed by atoms with van der Waals surface area (Å²) in [6.45, 7) is 0.803. The van der Waals surface area contributed by atoms with Crippen LogP contribution in [0.3, 0.4) is 0 Å². The smallest absolute Gasteiger partial charge is 0.272 e. The van der Waals surface area contributed by atoms with E-state index in [2.05, 4.69) is 4.72 Å². The number of aryl methyl sites for hydroxylation is 1. The van der Waals surface area contributed by atoms with Crippen molar-refractivity contribution in [3.05, 3.63) is 65.7 Å². The summed E-state index contributed by atoms with van der Waals surface area (Å²) in [4.78, 5) is 0.0572. The molecule has 0 aliphatic rings. The minimum Gasteiger partial charge on any atom is -0.371 e. The molecule has 7 heteroatoms. The van der Waals surface area contributed by atoms with Crippen LogP contribution in [0, 0.1) is 6.92 Å². The van der Waals surface area contributed by atoms with Gasteiger partial charge in [-0.25, -0.2) is 21.9 Å². The number of sulfonamides is 1. The van der Waals surface area contributed by atoms with Gasteiger partial charge < -0.3 is 4.74 Å². The van der Waals surface area contributed by atoms with Crippen molar-refractivity contribution in [3.63, 3.8) is 0 Å². The lowest BCUT2D eigenvalue weighted by Gasteiger charge is -2.17. The molecule has 0 atom stereocenters. The van der Waals surface area contributed by atoms with Gasteiger partial charge in [0.25, 0.3) is 5.92 Å². The number of benzene rings is 2. The maximum Gasteiger partial charge on any atom is 0.272 e. The first-order valence-electron chi connectivity index (χ1n) is 7.84. The summed E-state index contributed by atoms with van der Waals surface area (Å²) in [5.41, 5.74) is 1.72. The van der Waals surface area contributed by atoms with Gasteiger partial charge in [-0.05, 0) is 24.6 Å². The molecule has 136 valence electrons. The molecule has 0 aromatic heterocycles. The molecule has 4 nitrogen and oxygen atoms in total. The van der Waals surface area contributed by atoms with Crippen LogP contribution in [0.15, 0.2) is 59.5 Å². The standard InChI is InChI=1S/C18H21F2NO3S/c1-15-7-9-17(10-8-15)25(22,23)21-12-11-18(19,20)14-24-13-16-5-3-2-4-6-16/h2-10,21H,11-14H2,1H3. The Morgan fingerprint density at radius 1 is 1.04 bits per heavy atom. The van der Waals surface area contributed by atoms with Crippen LogP contribution < -0.4 is 4.72 Å². The molecule has 0 aliphatic heterocycles. The summed E-state index contributed by atoms with van der Waals surface area (Å²) >= 11 is 0. The van der Waals surface area contributed by atoms with Gasteiger partial charge in [0.15, 0.2) is 0 Å². The molecule has 0 saturated carbocycles. The fourth-order valence-corrected chi connectivity index (χ4v) is 3.17. The predicted octanol–water partition coefficient (Wildman–Crippen LogP) is 3.52. The lowest BCUT2D eigenvalue weighted by atomic mass is 10.2. The Hall–Kier alpha value is -1.83. The number of ether oxygens (including phenoxy) is 1. The third kappa shape index (κ3) is 6.53. The maximum absolute atomic E-state index is 13.8. The Kier molecular flexibility index (Phi) is 6.64. The number of halogens is 2. The summed E-state index contributed by atoms with van der Waals surface area (Å²) in [5.74, 6) is -3.11. The van der Waals surface area contributed by atoms with E-state index in [0.29, 0.717) is 0 Å². The Morgan fingerprint density at radius 3 is 2.32 bits per heavy atom. The van der Waals surface area contributed by atoms with Crippen LogP contribution in [0.4, 0.5) is 8.78 Å². The van der Waals surface area contributed by atoms with Gasteiger partial charge in [-0.15, -0.1) is 0 Å². The van der Waals surface area contributed by atoms with Gasteiger partial charge in [0.2, 0.25) is 10.0 Å². The monoisotopic (exact) mass is 369 g/mol. The molecule has 0 aliphatic carbocycles. The minimum atomic E-state index is -3.79. The van der Waals surface area contributed by atoms with Gasteiger partial charge in [-0.1, -0.05) is 48.0 Å².